The number of rotatable bonds is 3. The summed E-state index contributed by atoms with van der Waals surface area (Å²) in [6, 6.07) is 11.5. The van der Waals surface area contributed by atoms with Crippen LogP contribution in [0, 0.1) is 11.6 Å². The minimum absolute atomic E-state index is 0.298. The van der Waals surface area contributed by atoms with Crippen molar-refractivity contribution in [2.45, 2.75) is 0 Å². The normalized spacial score (nSPS) is 16.6. The predicted molar refractivity (Wildman–Crippen MR) is 95.4 cm³/mol. The van der Waals surface area contributed by atoms with Crippen molar-refractivity contribution >= 4 is 46.5 Å². The SMILES string of the molecule is O=C1/C(=C\c2ccc(F)cc2)SC(=S)N1/N=C/c1ccc(F)cc1. The van der Waals surface area contributed by atoms with Crippen molar-refractivity contribution in [3.05, 3.63) is 76.2 Å². The van der Waals surface area contributed by atoms with Gasteiger partial charge in [-0.05, 0) is 53.7 Å². The van der Waals surface area contributed by atoms with Crippen molar-refractivity contribution in [1.82, 2.24) is 5.01 Å². The molecule has 7 heteroatoms. The highest BCUT2D eigenvalue weighted by Crippen LogP contribution is 2.32. The van der Waals surface area contributed by atoms with Crippen molar-refractivity contribution in [3.8, 4) is 0 Å². The van der Waals surface area contributed by atoms with E-state index in [9.17, 15) is 13.6 Å². The second-order valence-corrected chi connectivity index (χ2v) is 6.52. The topological polar surface area (TPSA) is 32.7 Å². The lowest BCUT2D eigenvalue weighted by Crippen LogP contribution is -2.22. The zero-order valence-electron chi connectivity index (χ0n) is 12.1. The van der Waals surface area contributed by atoms with Gasteiger partial charge in [0.1, 0.15) is 11.6 Å². The third-order valence-corrected chi connectivity index (χ3v) is 4.42. The summed E-state index contributed by atoms with van der Waals surface area (Å²) in [5, 5.41) is 5.17. The van der Waals surface area contributed by atoms with Crippen LogP contribution in [-0.2, 0) is 4.79 Å². The molecule has 120 valence electrons. The van der Waals surface area contributed by atoms with Gasteiger partial charge in [-0.15, -0.1) is 0 Å². The fourth-order valence-electron chi connectivity index (χ4n) is 1.94. The van der Waals surface area contributed by atoms with Crippen LogP contribution in [0.1, 0.15) is 11.1 Å². The molecule has 0 unspecified atom stereocenters. The van der Waals surface area contributed by atoms with E-state index in [0.717, 1.165) is 16.8 Å². The van der Waals surface area contributed by atoms with Gasteiger partial charge in [0.05, 0.1) is 11.1 Å². The van der Waals surface area contributed by atoms with Crippen LogP contribution in [0.2, 0.25) is 0 Å². The molecule has 2 aromatic carbocycles. The van der Waals surface area contributed by atoms with E-state index in [1.807, 2.05) is 0 Å². The Bertz CT molecular complexity index is 846. The van der Waals surface area contributed by atoms with Crippen LogP contribution in [0.5, 0.6) is 0 Å². The first kappa shape index (κ1) is 16.5. The highest BCUT2D eigenvalue weighted by molar-refractivity contribution is 8.26. The van der Waals surface area contributed by atoms with Gasteiger partial charge >= 0.3 is 0 Å². The molecule has 24 heavy (non-hydrogen) atoms. The number of nitrogens with zero attached hydrogens (tertiary/aromatic N) is 2. The number of thiocarbonyl (C=S) groups is 1. The fourth-order valence-corrected chi connectivity index (χ4v) is 3.12. The number of carbonyl (C=O) groups is 1. The Labute approximate surface area is 146 Å². The van der Waals surface area contributed by atoms with E-state index in [0.29, 0.717) is 20.4 Å². The van der Waals surface area contributed by atoms with Gasteiger partial charge in [-0.3, -0.25) is 4.79 Å². The molecule has 0 aromatic heterocycles. The first-order valence-electron chi connectivity index (χ1n) is 6.86. The quantitative estimate of drug-likeness (QED) is 0.467. The van der Waals surface area contributed by atoms with Crippen molar-refractivity contribution in [1.29, 1.82) is 0 Å². The van der Waals surface area contributed by atoms with E-state index in [1.165, 1.54) is 30.5 Å². The Kier molecular flexibility index (Phi) is 4.82. The summed E-state index contributed by atoms with van der Waals surface area (Å²) in [6.07, 6.45) is 3.07. The van der Waals surface area contributed by atoms with Crippen molar-refractivity contribution < 1.29 is 13.6 Å². The van der Waals surface area contributed by atoms with Gasteiger partial charge in [0, 0.05) is 0 Å². The molecule has 1 aliphatic rings. The highest BCUT2D eigenvalue weighted by atomic mass is 32.2. The largest absolute Gasteiger partial charge is 0.286 e. The van der Waals surface area contributed by atoms with E-state index >= 15 is 0 Å². The van der Waals surface area contributed by atoms with E-state index in [-0.39, 0.29) is 17.5 Å². The first-order chi connectivity index (χ1) is 11.5. The molecule has 0 saturated carbocycles. The lowest BCUT2D eigenvalue weighted by molar-refractivity contribution is -0.122. The Morgan fingerprint density at radius 1 is 0.958 bits per heavy atom. The molecule has 1 amide bonds. The minimum Gasteiger partial charge on any atom is -0.266 e. The van der Waals surface area contributed by atoms with Crippen molar-refractivity contribution in [2.24, 2.45) is 5.10 Å². The van der Waals surface area contributed by atoms with Crippen LogP contribution >= 0.6 is 24.0 Å². The molecule has 3 rings (SSSR count). The molecule has 0 radical (unpaired) electrons. The number of carbonyl (C=O) groups excluding carboxylic acids is 1. The van der Waals surface area contributed by atoms with Gasteiger partial charge in [0.15, 0.2) is 4.32 Å². The average Bonchev–Trinajstić information content (AvgIpc) is 2.83. The lowest BCUT2D eigenvalue weighted by atomic mass is 10.2. The highest BCUT2D eigenvalue weighted by Gasteiger charge is 2.31. The Morgan fingerprint density at radius 2 is 1.50 bits per heavy atom. The number of hydrogen-bond acceptors (Lipinski definition) is 4. The maximum atomic E-state index is 12.9. The standard InChI is InChI=1S/C17H10F2N2OS2/c18-13-5-1-11(2-6-13)9-15-16(22)21(17(23)24-15)20-10-12-3-7-14(19)8-4-12/h1-10H/b15-9+,20-10+. The van der Waals surface area contributed by atoms with Gasteiger partial charge in [0.2, 0.25) is 0 Å². The monoisotopic (exact) mass is 360 g/mol. The number of hydrazone groups is 1. The summed E-state index contributed by atoms with van der Waals surface area (Å²) in [5.74, 6) is -1.05. The number of amides is 1. The maximum absolute atomic E-state index is 12.9. The van der Waals surface area contributed by atoms with Gasteiger partial charge in [-0.1, -0.05) is 36.0 Å². The Morgan fingerprint density at radius 3 is 2.08 bits per heavy atom. The molecule has 0 bridgehead atoms. The Balaban J connectivity index is 1.78. The molecular weight excluding hydrogens is 350 g/mol. The molecule has 3 nitrogen and oxygen atoms in total. The smallest absolute Gasteiger partial charge is 0.266 e. The van der Waals surface area contributed by atoms with Gasteiger partial charge in [-0.2, -0.15) is 10.1 Å². The van der Waals surface area contributed by atoms with Gasteiger partial charge in [-0.25, -0.2) is 8.78 Å². The van der Waals surface area contributed by atoms with E-state index < -0.39 is 0 Å². The van der Waals surface area contributed by atoms with E-state index in [4.69, 9.17) is 12.2 Å². The summed E-state index contributed by atoms with van der Waals surface area (Å²) >= 11 is 6.28. The third kappa shape index (κ3) is 3.74. The van der Waals surface area contributed by atoms with Crippen molar-refractivity contribution in [3.63, 3.8) is 0 Å². The molecule has 1 saturated heterocycles. The molecule has 0 aliphatic carbocycles. The summed E-state index contributed by atoms with van der Waals surface area (Å²) in [5.41, 5.74) is 1.34. The summed E-state index contributed by atoms with van der Waals surface area (Å²) in [4.78, 5) is 12.8. The first-order valence-corrected chi connectivity index (χ1v) is 8.08. The van der Waals surface area contributed by atoms with Crippen LogP contribution in [0.4, 0.5) is 8.78 Å². The molecule has 0 atom stereocenters. The van der Waals surface area contributed by atoms with Crippen LogP contribution in [0.25, 0.3) is 6.08 Å². The molecular formula is C17H10F2N2OS2. The summed E-state index contributed by atoms with van der Waals surface area (Å²) in [7, 11) is 0. The third-order valence-electron chi connectivity index (χ3n) is 3.13. The number of hydrogen-bond donors (Lipinski definition) is 0. The molecule has 0 spiro atoms. The lowest BCUT2D eigenvalue weighted by Gasteiger charge is -2.05. The number of benzene rings is 2. The van der Waals surface area contributed by atoms with Crippen molar-refractivity contribution in [2.75, 3.05) is 0 Å². The summed E-state index contributed by atoms with van der Waals surface area (Å²) < 4.78 is 26.1. The summed E-state index contributed by atoms with van der Waals surface area (Å²) in [6.45, 7) is 0. The molecule has 1 fully saturated rings. The number of thioether (sulfide) groups is 1. The Hall–Kier alpha value is -2.38. The predicted octanol–water partition coefficient (Wildman–Crippen LogP) is 4.20. The second-order valence-electron chi connectivity index (χ2n) is 4.84. The average molecular weight is 360 g/mol. The fraction of sp³-hybridized carbons (Fsp3) is 0. The molecule has 1 aliphatic heterocycles. The molecule has 1 heterocycles. The second kappa shape index (κ2) is 7.02. The van der Waals surface area contributed by atoms with Crippen LogP contribution in [0.3, 0.4) is 0 Å². The van der Waals surface area contributed by atoms with Crippen LogP contribution in [0.15, 0.2) is 58.5 Å². The zero-order chi connectivity index (χ0) is 17.1. The molecule has 2 aromatic rings. The van der Waals surface area contributed by atoms with Crippen LogP contribution < -0.4 is 0 Å². The van der Waals surface area contributed by atoms with Gasteiger partial charge in [0.25, 0.3) is 5.91 Å². The minimum atomic E-state index is -0.354. The van der Waals surface area contributed by atoms with Gasteiger partial charge < -0.3 is 0 Å². The molecule has 0 N–H and O–H groups in total. The number of halogens is 2. The zero-order valence-corrected chi connectivity index (χ0v) is 13.8. The van der Waals surface area contributed by atoms with E-state index in [2.05, 4.69) is 5.10 Å². The van der Waals surface area contributed by atoms with E-state index in [1.54, 1.807) is 30.3 Å². The van der Waals surface area contributed by atoms with Crippen LogP contribution in [-0.4, -0.2) is 21.5 Å². The maximum Gasteiger partial charge on any atom is 0.286 e.